The van der Waals surface area contributed by atoms with Crippen LogP contribution >= 0.6 is 11.6 Å². The van der Waals surface area contributed by atoms with Crippen molar-refractivity contribution in [3.8, 4) is 6.07 Å². The molecule has 0 bridgehead atoms. The maximum absolute atomic E-state index is 12.5. The number of nitrogens with one attached hydrogen (secondary N) is 1. The van der Waals surface area contributed by atoms with Gasteiger partial charge in [-0.15, -0.1) is 0 Å². The third kappa shape index (κ3) is 2.55. The fraction of sp³-hybridized carbons (Fsp3) is 0.438. The molecule has 1 N–H and O–H groups in total. The van der Waals surface area contributed by atoms with Gasteiger partial charge in [-0.2, -0.15) is 10.2 Å². The molecule has 1 heterocycles. The largest absolute Gasteiger partial charge is 0.372 e. The number of fused-ring (bicyclic) bond motifs is 1. The molecule has 1 aliphatic rings. The van der Waals surface area contributed by atoms with Gasteiger partial charge in [0.05, 0.1) is 11.6 Å². The highest BCUT2D eigenvalue weighted by Gasteiger charge is 2.25. The Kier molecular flexibility index (Phi) is 4.04. The number of rotatable bonds is 2. The lowest BCUT2D eigenvalue weighted by Gasteiger charge is -2.27. The van der Waals surface area contributed by atoms with Gasteiger partial charge < -0.3 is 5.32 Å². The highest BCUT2D eigenvalue weighted by atomic mass is 35.5. The fourth-order valence-corrected chi connectivity index (χ4v) is 3.39. The summed E-state index contributed by atoms with van der Waals surface area (Å²) < 4.78 is 1.75. The second-order valence-corrected chi connectivity index (χ2v) is 6.10. The van der Waals surface area contributed by atoms with Crippen LogP contribution in [0.5, 0.6) is 0 Å². The van der Waals surface area contributed by atoms with E-state index in [4.69, 9.17) is 16.9 Å². The molecule has 1 aliphatic carbocycles. The molecule has 0 aliphatic heterocycles. The van der Waals surface area contributed by atoms with Crippen molar-refractivity contribution in [3.05, 3.63) is 33.7 Å². The first-order valence-corrected chi connectivity index (χ1v) is 7.81. The normalized spacial score (nSPS) is 21.5. The number of nitriles is 1. The lowest BCUT2D eigenvalue weighted by Crippen LogP contribution is -2.30. The fourth-order valence-electron chi connectivity index (χ4n) is 3.22. The molecule has 1 aromatic carbocycles. The van der Waals surface area contributed by atoms with Crippen LogP contribution in [0, 0.1) is 17.2 Å². The molecule has 0 saturated heterocycles. The molecule has 2 aromatic rings. The van der Waals surface area contributed by atoms with E-state index in [1.807, 2.05) is 12.1 Å². The van der Waals surface area contributed by atoms with Crippen LogP contribution in [-0.4, -0.2) is 16.6 Å². The molecule has 3 rings (SSSR count). The van der Waals surface area contributed by atoms with E-state index in [1.54, 1.807) is 17.7 Å². The lowest BCUT2D eigenvalue weighted by atomic mass is 9.87. The van der Waals surface area contributed by atoms with Gasteiger partial charge in [-0.3, -0.25) is 4.57 Å². The van der Waals surface area contributed by atoms with Gasteiger partial charge in [0, 0.05) is 29.4 Å². The molecule has 6 heteroatoms. The van der Waals surface area contributed by atoms with Crippen LogP contribution in [0.15, 0.2) is 23.0 Å². The Morgan fingerprint density at radius 3 is 2.73 bits per heavy atom. The molecule has 1 fully saturated rings. The van der Waals surface area contributed by atoms with E-state index in [0.29, 0.717) is 10.8 Å². The number of halogens is 1. The molecular formula is C16H17ClN4O. The van der Waals surface area contributed by atoms with Gasteiger partial charge in [-0.25, -0.2) is 4.79 Å². The van der Waals surface area contributed by atoms with Crippen LogP contribution < -0.4 is 11.0 Å². The third-order valence-corrected chi connectivity index (χ3v) is 4.60. The van der Waals surface area contributed by atoms with Gasteiger partial charge in [0.1, 0.15) is 5.82 Å². The van der Waals surface area contributed by atoms with Gasteiger partial charge in [0.2, 0.25) is 0 Å². The van der Waals surface area contributed by atoms with Crippen molar-refractivity contribution in [2.45, 2.75) is 31.7 Å². The Morgan fingerprint density at radius 1 is 1.36 bits per heavy atom. The molecule has 22 heavy (non-hydrogen) atoms. The Labute approximate surface area is 133 Å². The third-order valence-electron chi connectivity index (χ3n) is 4.37. The predicted molar refractivity (Wildman–Crippen MR) is 87.2 cm³/mol. The summed E-state index contributed by atoms with van der Waals surface area (Å²) in [5, 5.41) is 13.5. The van der Waals surface area contributed by atoms with Crippen LogP contribution in [0.1, 0.15) is 31.7 Å². The first-order chi connectivity index (χ1) is 10.6. The first kappa shape index (κ1) is 14.9. The van der Waals surface area contributed by atoms with Gasteiger partial charge in [-0.1, -0.05) is 11.6 Å². The summed E-state index contributed by atoms with van der Waals surface area (Å²) in [6.45, 7) is 0. The SMILES string of the molecule is CNc1nc(=O)n(C2CCC(C#N)CC2)c2cc(Cl)ccc12. The van der Waals surface area contributed by atoms with E-state index < -0.39 is 0 Å². The van der Waals surface area contributed by atoms with Crippen LogP contribution in [0.25, 0.3) is 10.9 Å². The van der Waals surface area contributed by atoms with E-state index in [0.717, 1.165) is 36.6 Å². The monoisotopic (exact) mass is 316 g/mol. The molecular weight excluding hydrogens is 300 g/mol. The second kappa shape index (κ2) is 5.98. The number of nitrogens with zero attached hydrogens (tertiary/aromatic N) is 3. The topological polar surface area (TPSA) is 70.7 Å². The Bertz CT molecular complexity index is 800. The van der Waals surface area contributed by atoms with Crippen molar-refractivity contribution >= 4 is 28.3 Å². The van der Waals surface area contributed by atoms with Gasteiger partial charge in [0.15, 0.2) is 0 Å². The van der Waals surface area contributed by atoms with Gasteiger partial charge in [0.25, 0.3) is 0 Å². The van der Waals surface area contributed by atoms with Crippen molar-refractivity contribution in [2.75, 3.05) is 12.4 Å². The molecule has 114 valence electrons. The van der Waals surface area contributed by atoms with Crippen LogP contribution in [0.3, 0.4) is 0 Å². The zero-order valence-electron chi connectivity index (χ0n) is 12.3. The van der Waals surface area contributed by atoms with Crippen molar-refractivity contribution in [1.82, 2.24) is 9.55 Å². The number of hydrogen-bond donors (Lipinski definition) is 1. The van der Waals surface area contributed by atoms with E-state index in [-0.39, 0.29) is 17.6 Å². The molecule has 0 radical (unpaired) electrons. The predicted octanol–water partition coefficient (Wildman–Crippen LogP) is 3.35. The number of hydrogen-bond acceptors (Lipinski definition) is 4. The molecule has 0 atom stereocenters. The Hall–Kier alpha value is -2.06. The summed E-state index contributed by atoms with van der Waals surface area (Å²) in [6.07, 6.45) is 3.29. The van der Waals surface area contributed by atoms with Crippen molar-refractivity contribution in [3.63, 3.8) is 0 Å². The second-order valence-electron chi connectivity index (χ2n) is 5.66. The Balaban J connectivity index is 2.13. The van der Waals surface area contributed by atoms with Crippen molar-refractivity contribution in [1.29, 1.82) is 5.26 Å². The van der Waals surface area contributed by atoms with Gasteiger partial charge in [-0.05, 0) is 43.9 Å². The number of anilines is 1. The average molecular weight is 317 g/mol. The van der Waals surface area contributed by atoms with Crippen LogP contribution in [0.4, 0.5) is 5.82 Å². The molecule has 0 unspecified atom stereocenters. The summed E-state index contributed by atoms with van der Waals surface area (Å²) in [4.78, 5) is 16.6. The Morgan fingerprint density at radius 2 is 2.09 bits per heavy atom. The highest BCUT2D eigenvalue weighted by molar-refractivity contribution is 6.31. The summed E-state index contributed by atoms with van der Waals surface area (Å²) in [5.41, 5.74) is 0.539. The summed E-state index contributed by atoms with van der Waals surface area (Å²) in [7, 11) is 1.75. The number of benzene rings is 1. The summed E-state index contributed by atoms with van der Waals surface area (Å²) >= 11 is 6.12. The maximum atomic E-state index is 12.5. The molecule has 0 amide bonds. The smallest absolute Gasteiger partial charge is 0.350 e. The molecule has 5 nitrogen and oxygen atoms in total. The van der Waals surface area contributed by atoms with Crippen LogP contribution in [-0.2, 0) is 0 Å². The average Bonchev–Trinajstić information content (AvgIpc) is 2.54. The van der Waals surface area contributed by atoms with Crippen molar-refractivity contribution < 1.29 is 0 Å². The highest BCUT2D eigenvalue weighted by Crippen LogP contribution is 2.34. The minimum Gasteiger partial charge on any atom is -0.372 e. The zero-order chi connectivity index (χ0) is 15.7. The van der Waals surface area contributed by atoms with Gasteiger partial charge >= 0.3 is 5.69 Å². The molecule has 1 aromatic heterocycles. The van der Waals surface area contributed by atoms with E-state index in [9.17, 15) is 4.79 Å². The maximum Gasteiger partial charge on any atom is 0.350 e. The molecule has 0 spiro atoms. The van der Waals surface area contributed by atoms with E-state index in [2.05, 4.69) is 16.4 Å². The van der Waals surface area contributed by atoms with E-state index in [1.165, 1.54) is 0 Å². The molecule has 1 saturated carbocycles. The number of aromatic nitrogens is 2. The zero-order valence-corrected chi connectivity index (χ0v) is 13.1. The lowest BCUT2D eigenvalue weighted by molar-refractivity contribution is 0.311. The van der Waals surface area contributed by atoms with Crippen LogP contribution in [0.2, 0.25) is 5.02 Å². The summed E-state index contributed by atoms with van der Waals surface area (Å²) in [6, 6.07) is 7.90. The minimum atomic E-state index is -0.264. The quantitative estimate of drug-likeness (QED) is 0.922. The standard InChI is InChI=1S/C16H17ClN4O/c1-19-15-13-7-4-11(17)8-14(13)21(16(22)20-15)12-5-2-10(9-18)3-6-12/h4,7-8,10,12H,2-3,5-6H2,1H3,(H,19,20,22). The minimum absolute atomic E-state index is 0.0801. The van der Waals surface area contributed by atoms with E-state index >= 15 is 0 Å². The van der Waals surface area contributed by atoms with Crippen molar-refractivity contribution in [2.24, 2.45) is 5.92 Å². The summed E-state index contributed by atoms with van der Waals surface area (Å²) in [5.74, 6) is 0.671. The first-order valence-electron chi connectivity index (χ1n) is 7.43.